The molecule has 0 N–H and O–H groups in total. The zero-order valence-electron chi connectivity index (χ0n) is 40.6. The lowest BCUT2D eigenvalue weighted by molar-refractivity contribution is 0.653. The normalized spacial score (nSPS) is 16.1. The minimum absolute atomic E-state index is 0.154. The number of allylic oxidation sites excluding steroid dienone is 6. The molecule has 0 spiro atoms. The molecule has 0 amide bonds. The van der Waals surface area contributed by atoms with Crippen LogP contribution < -0.4 is 0 Å². The number of fused-ring (bicyclic) bond motifs is 5. The molecule has 8 aromatic carbocycles. The summed E-state index contributed by atoms with van der Waals surface area (Å²) in [5.41, 5.74) is 25.1. The number of pyridine rings is 1. The van der Waals surface area contributed by atoms with Gasteiger partial charge in [-0.15, -0.1) is 0 Å². The first-order valence-electron chi connectivity index (χ1n) is 25.0. The predicted octanol–water partition coefficient (Wildman–Crippen LogP) is 17.2. The number of aromatic nitrogens is 3. The fourth-order valence-electron chi connectivity index (χ4n) is 11.8. The van der Waals surface area contributed by atoms with Gasteiger partial charge >= 0.3 is 0 Å². The Balaban J connectivity index is 1.03. The van der Waals surface area contributed by atoms with Crippen molar-refractivity contribution in [1.82, 2.24) is 15.0 Å². The van der Waals surface area contributed by atoms with Crippen LogP contribution in [-0.2, 0) is 10.8 Å². The first-order valence-corrected chi connectivity index (χ1v) is 25.0. The third-order valence-corrected chi connectivity index (χ3v) is 15.4. The van der Waals surface area contributed by atoms with Crippen molar-refractivity contribution in [2.75, 3.05) is 0 Å². The number of benzene rings is 8. The quantitative estimate of drug-likeness (QED) is 0.152. The average Bonchev–Trinajstić information content (AvgIpc) is 3.74. The van der Waals surface area contributed by atoms with Gasteiger partial charge in [0.1, 0.15) is 0 Å². The largest absolute Gasteiger partial charge is 0.264 e. The van der Waals surface area contributed by atoms with Crippen molar-refractivity contribution in [2.24, 2.45) is 0 Å². The summed E-state index contributed by atoms with van der Waals surface area (Å²) < 4.78 is 0. The summed E-state index contributed by atoms with van der Waals surface area (Å²) in [5.74, 6) is 0.686. The van der Waals surface area contributed by atoms with Crippen molar-refractivity contribution in [1.29, 1.82) is 0 Å². The topological polar surface area (TPSA) is 38.7 Å². The van der Waals surface area contributed by atoms with E-state index in [-0.39, 0.29) is 5.41 Å². The van der Waals surface area contributed by atoms with Gasteiger partial charge in [0.25, 0.3) is 0 Å². The maximum atomic E-state index is 5.43. The van der Waals surface area contributed by atoms with E-state index in [9.17, 15) is 0 Å². The molecule has 0 fully saturated rings. The molecule has 1 atom stereocenters. The van der Waals surface area contributed by atoms with Crippen LogP contribution in [0.25, 0.3) is 84.0 Å². The lowest BCUT2D eigenvalue weighted by Gasteiger charge is -2.33. The van der Waals surface area contributed by atoms with E-state index in [2.05, 4.69) is 245 Å². The van der Waals surface area contributed by atoms with Gasteiger partial charge < -0.3 is 0 Å². The monoisotopic (exact) mass is 921 g/mol. The van der Waals surface area contributed by atoms with Crippen LogP contribution in [0.15, 0.2) is 254 Å². The van der Waals surface area contributed by atoms with E-state index in [4.69, 9.17) is 15.0 Å². The van der Waals surface area contributed by atoms with Crippen molar-refractivity contribution in [3.8, 4) is 78.4 Å². The van der Waals surface area contributed by atoms with Gasteiger partial charge in [0.15, 0.2) is 5.82 Å². The Kier molecular flexibility index (Phi) is 10.4. The van der Waals surface area contributed by atoms with E-state index < -0.39 is 5.41 Å². The van der Waals surface area contributed by atoms with Gasteiger partial charge in [-0.1, -0.05) is 208 Å². The summed E-state index contributed by atoms with van der Waals surface area (Å²) in [7, 11) is 0. The molecular formula is C69H51N3. The van der Waals surface area contributed by atoms with Crippen LogP contribution in [0.3, 0.4) is 0 Å². The van der Waals surface area contributed by atoms with E-state index in [1.165, 1.54) is 72.4 Å². The van der Waals surface area contributed by atoms with Crippen molar-refractivity contribution < 1.29 is 0 Å². The predicted molar refractivity (Wildman–Crippen MR) is 297 cm³/mol. The van der Waals surface area contributed by atoms with E-state index in [1.54, 1.807) is 0 Å². The summed E-state index contributed by atoms with van der Waals surface area (Å²) in [5, 5.41) is 0. The van der Waals surface area contributed by atoms with Gasteiger partial charge in [-0.3, -0.25) is 4.98 Å². The second kappa shape index (κ2) is 17.3. The van der Waals surface area contributed by atoms with Gasteiger partial charge in [-0.2, -0.15) is 0 Å². The third-order valence-electron chi connectivity index (χ3n) is 15.4. The molecule has 2 aromatic heterocycles. The third kappa shape index (κ3) is 7.15. The lowest BCUT2D eigenvalue weighted by Crippen LogP contribution is -2.28. The minimum atomic E-state index is -0.585. The Bertz CT molecular complexity index is 3790. The molecule has 10 aromatic rings. The van der Waals surface area contributed by atoms with Crippen LogP contribution in [0.4, 0.5) is 0 Å². The molecule has 0 radical (unpaired) electrons. The van der Waals surface area contributed by atoms with Crippen LogP contribution in [0.5, 0.6) is 0 Å². The standard InChI is InChI=1S/C69H51N3/c1-45-17-15-26-58-59-34-32-50(41-63(59)68(2,3)62(58)37-45)52-38-53(51-33-35-60-57-25-13-14-27-61(57)69(64(60)42-51,55-22-11-6-12-23-55)56-24-16-36-70-44-56)40-54(39-52)66-43-65(71-67(72-66)49-20-9-5-10-21-49)48-30-28-47(29-31-48)46-18-7-4-8-19-46/h4-25,27-44H,26H2,1-3H3. The maximum Gasteiger partial charge on any atom is 0.160 e. The van der Waals surface area contributed by atoms with Gasteiger partial charge in [-0.05, 0) is 145 Å². The maximum absolute atomic E-state index is 5.43. The Morgan fingerprint density at radius 3 is 1.68 bits per heavy atom. The summed E-state index contributed by atoms with van der Waals surface area (Å²) in [4.78, 5) is 15.4. The van der Waals surface area contributed by atoms with Gasteiger partial charge in [0.05, 0.1) is 16.8 Å². The summed E-state index contributed by atoms with van der Waals surface area (Å²) >= 11 is 0. The van der Waals surface area contributed by atoms with Crippen LogP contribution in [-0.4, -0.2) is 15.0 Å². The first-order chi connectivity index (χ1) is 35.3. The molecule has 0 aliphatic heterocycles. The highest BCUT2D eigenvalue weighted by Gasteiger charge is 2.46. The molecule has 13 rings (SSSR count). The number of hydrogen-bond acceptors (Lipinski definition) is 3. The number of rotatable bonds is 8. The molecule has 0 saturated heterocycles. The molecule has 342 valence electrons. The lowest BCUT2D eigenvalue weighted by atomic mass is 9.68. The zero-order valence-corrected chi connectivity index (χ0v) is 40.6. The molecular weight excluding hydrogens is 871 g/mol. The second-order valence-electron chi connectivity index (χ2n) is 20.0. The average molecular weight is 922 g/mol. The number of hydrogen-bond donors (Lipinski definition) is 0. The highest BCUT2D eigenvalue weighted by Crippen LogP contribution is 2.57. The van der Waals surface area contributed by atoms with Crippen LogP contribution in [0.2, 0.25) is 0 Å². The van der Waals surface area contributed by atoms with E-state index in [1.807, 2.05) is 18.5 Å². The Morgan fingerprint density at radius 1 is 0.417 bits per heavy atom. The van der Waals surface area contributed by atoms with Crippen molar-refractivity contribution in [3.63, 3.8) is 0 Å². The molecule has 2 heterocycles. The van der Waals surface area contributed by atoms with Crippen molar-refractivity contribution >= 4 is 5.57 Å². The first kappa shape index (κ1) is 43.2. The molecule has 3 aliphatic carbocycles. The fraction of sp³-hybridized carbons (Fsp3) is 0.0870. The van der Waals surface area contributed by atoms with E-state index in [0.717, 1.165) is 56.8 Å². The Labute approximate surface area is 422 Å². The van der Waals surface area contributed by atoms with Gasteiger partial charge in [-0.25, -0.2) is 9.97 Å². The molecule has 3 heteroatoms. The van der Waals surface area contributed by atoms with E-state index >= 15 is 0 Å². The molecule has 0 bridgehead atoms. The van der Waals surface area contributed by atoms with Crippen LogP contribution in [0.1, 0.15) is 60.6 Å². The van der Waals surface area contributed by atoms with E-state index in [0.29, 0.717) is 5.82 Å². The molecule has 3 nitrogen and oxygen atoms in total. The highest BCUT2D eigenvalue weighted by molar-refractivity contribution is 5.91. The molecule has 72 heavy (non-hydrogen) atoms. The van der Waals surface area contributed by atoms with Crippen molar-refractivity contribution in [3.05, 3.63) is 287 Å². The summed E-state index contributed by atoms with van der Waals surface area (Å²) in [6.07, 6.45) is 11.8. The molecule has 3 aliphatic rings. The van der Waals surface area contributed by atoms with Crippen LogP contribution >= 0.6 is 0 Å². The second-order valence-corrected chi connectivity index (χ2v) is 20.0. The van der Waals surface area contributed by atoms with Gasteiger partial charge in [0, 0.05) is 34.5 Å². The summed E-state index contributed by atoms with van der Waals surface area (Å²) in [6.45, 7) is 6.99. The number of nitrogens with zero attached hydrogens (tertiary/aromatic N) is 3. The SMILES string of the molecule is CC1=CC2=C(CC=C1)c1ccc(-c3cc(-c4ccc5c(c4)C(c4ccccc4)(c4cccnc4)c4ccccc4-5)cc(-c4cc(-c5ccc(-c6ccccc6)cc5)nc(-c5ccccc5)n4)c3)cc1C2(C)C. The smallest absolute Gasteiger partial charge is 0.160 e. The minimum Gasteiger partial charge on any atom is -0.264 e. The fourth-order valence-corrected chi connectivity index (χ4v) is 11.8. The Morgan fingerprint density at radius 2 is 0.972 bits per heavy atom. The van der Waals surface area contributed by atoms with Crippen molar-refractivity contribution in [2.45, 2.75) is 38.0 Å². The molecule has 1 unspecified atom stereocenters. The Hall–Kier alpha value is -8.79. The van der Waals surface area contributed by atoms with Crippen LogP contribution in [0, 0.1) is 0 Å². The molecule has 0 saturated carbocycles. The highest BCUT2D eigenvalue weighted by atomic mass is 14.9. The summed E-state index contributed by atoms with van der Waals surface area (Å²) in [6, 6.07) is 77.3. The van der Waals surface area contributed by atoms with Gasteiger partial charge in [0.2, 0.25) is 0 Å². The zero-order chi connectivity index (χ0) is 48.4.